The third-order valence-electron chi connectivity index (χ3n) is 3.20. The van der Waals surface area contributed by atoms with Gasteiger partial charge in [0.2, 0.25) is 11.8 Å². The minimum absolute atomic E-state index is 0.0709. The summed E-state index contributed by atoms with van der Waals surface area (Å²) in [5.41, 5.74) is 9.29. The Morgan fingerprint density at radius 3 is 3.11 bits per heavy atom. The number of benzene rings is 1. The van der Waals surface area contributed by atoms with Crippen LogP contribution in [0.2, 0.25) is 0 Å². The lowest BCUT2D eigenvalue weighted by molar-refractivity contribution is -0.116. The summed E-state index contributed by atoms with van der Waals surface area (Å²) < 4.78 is 5.46. The summed E-state index contributed by atoms with van der Waals surface area (Å²) in [4.78, 5) is 15.7. The Labute approximate surface area is 110 Å². The van der Waals surface area contributed by atoms with Gasteiger partial charge in [0.1, 0.15) is 6.26 Å². The van der Waals surface area contributed by atoms with Gasteiger partial charge in [0.15, 0.2) is 0 Å². The van der Waals surface area contributed by atoms with Crippen LogP contribution in [-0.2, 0) is 17.6 Å². The molecule has 1 aliphatic heterocycles. The molecule has 5 nitrogen and oxygen atoms in total. The van der Waals surface area contributed by atoms with Gasteiger partial charge in [0, 0.05) is 24.1 Å². The second-order valence-electron chi connectivity index (χ2n) is 4.60. The predicted molar refractivity (Wildman–Crippen MR) is 71.6 cm³/mol. The van der Waals surface area contributed by atoms with Gasteiger partial charge >= 0.3 is 0 Å². The number of aromatic nitrogens is 1. The number of nitrogens with one attached hydrogen (secondary N) is 1. The van der Waals surface area contributed by atoms with E-state index in [0.29, 0.717) is 25.3 Å². The standard InChI is InChI=1S/C14H15N3O2/c15-6-5-11-8-19-14(16-11)10-1-3-12-9(7-10)2-4-13(18)17-12/h1,3,7-8H,2,4-6,15H2,(H,17,18). The second-order valence-corrected chi connectivity index (χ2v) is 4.60. The van der Waals surface area contributed by atoms with Gasteiger partial charge in [0.05, 0.1) is 5.69 Å². The third kappa shape index (κ3) is 2.37. The van der Waals surface area contributed by atoms with E-state index in [9.17, 15) is 4.79 Å². The van der Waals surface area contributed by atoms with E-state index in [4.69, 9.17) is 10.2 Å². The Bertz CT molecular complexity index is 619. The summed E-state index contributed by atoms with van der Waals surface area (Å²) in [5, 5.41) is 2.86. The van der Waals surface area contributed by atoms with Crippen molar-refractivity contribution in [1.29, 1.82) is 0 Å². The van der Waals surface area contributed by atoms with Crippen LogP contribution in [0, 0.1) is 0 Å². The first-order chi connectivity index (χ1) is 9.26. The van der Waals surface area contributed by atoms with Crippen molar-refractivity contribution in [2.75, 3.05) is 11.9 Å². The molecule has 0 bridgehead atoms. The van der Waals surface area contributed by atoms with Crippen LogP contribution in [0.4, 0.5) is 5.69 Å². The molecule has 1 aromatic heterocycles. The van der Waals surface area contributed by atoms with Crippen LogP contribution in [0.5, 0.6) is 0 Å². The lowest BCUT2D eigenvalue weighted by Crippen LogP contribution is -2.18. The van der Waals surface area contributed by atoms with Crippen molar-refractivity contribution in [3.8, 4) is 11.5 Å². The molecule has 0 fully saturated rings. The number of amides is 1. The Morgan fingerprint density at radius 2 is 2.26 bits per heavy atom. The molecule has 19 heavy (non-hydrogen) atoms. The molecule has 0 spiro atoms. The van der Waals surface area contributed by atoms with Gasteiger partial charge in [-0.2, -0.15) is 0 Å². The number of fused-ring (bicyclic) bond motifs is 1. The quantitative estimate of drug-likeness (QED) is 0.877. The van der Waals surface area contributed by atoms with E-state index in [0.717, 1.165) is 28.9 Å². The first-order valence-electron chi connectivity index (χ1n) is 6.34. The number of nitrogens with zero attached hydrogens (tertiary/aromatic N) is 1. The molecule has 0 unspecified atom stereocenters. The summed E-state index contributed by atoms with van der Waals surface area (Å²) in [6.45, 7) is 0.558. The molecule has 1 amide bonds. The van der Waals surface area contributed by atoms with Crippen LogP contribution >= 0.6 is 0 Å². The molecule has 1 aromatic carbocycles. The Hall–Kier alpha value is -2.14. The number of carbonyl (C=O) groups excluding carboxylic acids is 1. The van der Waals surface area contributed by atoms with Crippen molar-refractivity contribution in [3.63, 3.8) is 0 Å². The largest absolute Gasteiger partial charge is 0.444 e. The number of rotatable bonds is 3. The maximum Gasteiger partial charge on any atom is 0.226 e. The molecule has 0 saturated heterocycles. The average molecular weight is 257 g/mol. The first kappa shape index (κ1) is 11.9. The summed E-state index contributed by atoms with van der Waals surface area (Å²) in [6, 6.07) is 5.82. The molecule has 0 radical (unpaired) electrons. The average Bonchev–Trinajstić information content (AvgIpc) is 2.87. The molecule has 3 rings (SSSR count). The molecule has 2 aromatic rings. The highest BCUT2D eigenvalue weighted by Crippen LogP contribution is 2.28. The first-order valence-corrected chi connectivity index (χ1v) is 6.34. The highest BCUT2D eigenvalue weighted by Gasteiger charge is 2.16. The van der Waals surface area contributed by atoms with Crippen molar-refractivity contribution in [1.82, 2.24) is 4.98 Å². The van der Waals surface area contributed by atoms with E-state index in [1.165, 1.54) is 0 Å². The number of hydrogen-bond donors (Lipinski definition) is 2. The van der Waals surface area contributed by atoms with Crippen LogP contribution in [0.25, 0.3) is 11.5 Å². The van der Waals surface area contributed by atoms with E-state index in [2.05, 4.69) is 10.3 Å². The molecular weight excluding hydrogens is 242 g/mol. The zero-order valence-electron chi connectivity index (χ0n) is 10.5. The van der Waals surface area contributed by atoms with Crippen molar-refractivity contribution in [3.05, 3.63) is 35.7 Å². The number of nitrogens with two attached hydrogens (primary N) is 1. The van der Waals surface area contributed by atoms with E-state index < -0.39 is 0 Å². The van der Waals surface area contributed by atoms with Gasteiger partial charge in [-0.05, 0) is 36.7 Å². The Balaban J connectivity index is 1.90. The highest BCUT2D eigenvalue weighted by atomic mass is 16.3. The van der Waals surface area contributed by atoms with Crippen molar-refractivity contribution in [2.45, 2.75) is 19.3 Å². The van der Waals surface area contributed by atoms with Gasteiger partial charge in [0.25, 0.3) is 0 Å². The fourth-order valence-corrected chi connectivity index (χ4v) is 2.22. The van der Waals surface area contributed by atoms with Crippen LogP contribution in [0.15, 0.2) is 28.9 Å². The zero-order valence-corrected chi connectivity index (χ0v) is 10.5. The molecule has 2 heterocycles. The molecule has 3 N–H and O–H groups in total. The van der Waals surface area contributed by atoms with Gasteiger partial charge in [-0.1, -0.05) is 0 Å². The second kappa shape index (κ2) is 4.85. The highest BCUT2D eigenvalue weighted by molar-refractivity contribution is 5.94. The Kier molecular flexibility index (Phi) is 3.05. The lowest BCUT2D eigenvalue weighted by atomic mass is 10.0. The van der Waals surface area contributed by atoms with E-state index in [1.54, 1.807) is 6.26 Å². The van der Waals surface area contributed by atoms with E-state index >= 15 is 0 Å². The van der Waals surface area contributed by atoms with E-state index in [1.807, 2.05) is 18.2 Å². The molecular formula is C14H15N3O2. The minimum Gasteiger partial charge on any atom is -0.444 e. The molecule has 0 aliphatic carbocycles. The topological polar surface area (TPSA) is 81.1 Å². The monoisotopic (exact) mass is 257 g/mol. The molecule has 0 atom stereocenters. The number of oxazole rings is 1. The summed E-state index contributed by atoms with van der Waals surface area (Å²) >= 11 is 0. The molecule has 5 heteroatoms. The van der Waals surface area contributed by atoms with Gasteiger partial charge in [-0.3, -0.25) is 4.79 Å². The van der Waals surface area contributed by atoms with Crippen LogP contribution in [0.1, 0.15) is 17.7 Å². The van der Waals surface area contributed by atoms with Gasteiger partial charge in [-0.25, -0.2) is 4.98 Å². The maximum atomic E-state index is 11.3. The summed E-state index contributed by atoms with van der Waals surface area (Å²) in [5.74, 6) is 0.671. The predicted octanol–water partition coefficient (Wildman–Crippen LogP) is 1.73. The van der Waals surface area contributed by atoms with Crippen molar-refractivity contribution in [2.24, 2.45) is 5.73 Å². The van der Waals surface area contributed by atoms with Crippen LogP contribution in [-0.4, -0.2) is 17.4 Å². The number of carbonyl (C=O) groups is 1. The number of aryl methyl sites for hydroxylation is 1. The van der Waals surface area contributed by atoms with Gasteiger partial charge < -0.3 is 15.5 Å². The van der Waals surface area contributed by atoms with E-state index in [-0.39, 0.29) is 5.91 Å². The molecule has 98 valence electrons. The van der Waals surface area contributed by atoms with Crippen LogP contribution in [0.3, 0.4) is 0 Å². The van der Waals surface area contributed by atoms with Crippen molar-refractivity contribution < 1.29 is 9.21 Å². The number of anilines is 1. The Morgan fingerprint density at radius 1 is 1.37 bits per heavy atom. The maximum absolute atomic E-state index is 11.3. The summed E-state index contributed by atoms with van der Waals surface area (Å²) in [6.07, 6.45) is 3.64. The van der Waals surface area contributed by atoms with Crippen LogP contribution < -0.4 is 11.1 Å². The minimum atomic E-state index is 0.0709. The SMILES string of the molecule is NCCc1coc(-c2ccc3c(c2)CCC(=O)N3)n1. The normalized spacial score (nSPS) is 14.1. The van der Waals surface area contributed by atoms with Gasteiger partial charge in [-0.15, -0.1) is 0 Å². The third-order valence-corrected chi connectivity index (χ3v) is 3.20. The fraction of sp³-hybridized carbons (Fsp3) is 0.286. The smallest absolute Gasteiger partial charge is 0.226 e. The molecule has 1 aliphatic rings. The fourth-order valence-electron chi connectivity index (χ4n) is 2.22. The molecule has 0 saturated carbocycles. The number of hydrogen-bond acceptors (Lipinski definition) is 4. The zero-order chi connectivity index (χ0) is 13.2. The van der Waals surface area contributed by atoms with Crippen molar-refractivity contribution >= 4 is 11.6 Å². The lowest BCUT2D eigenvalue weighted by Gasteiger charge is -2.16. The summed E-state index contributed by atoms with van der Waals surface area (Å²) in [7, 11) is 0.